The first-order valence-corrected chi connectivity index (χ1v) is 5.78. The van der Waals surface area contributed by atoms with Crippen LogP contribution in [0.2, 0.25) is 0 Å². The highest BCUT2D eigenvalue weighted by Gasteiger charge is 1.99. The molecule has 0 amide bonds. The maximum absolute atomic E-state index is 4.13. The van der Waals surface area contributed by atoms with Crippen LogP contribution in [0.25, 0.3) is 0 Å². The van der Waals surface area contributed by atoms with Crippen molar-refractivity contribution in [2.75, 3.05) is 0 Å². The average molecular weight is 262 g/mol. The van der Waals surface area contributed by atoms with E-state index in [1.807, 2.05) is 18.3 Å². The second-order valence-electron chi connectivity index (χ2n) is 3.45. The molecule has 0 saturated heterocycles. The van der Waals surface area contributed by atoms with Crippen LogP contribution < -0.4 is 0 Å². The number of hydrogen-bond acceptors (Lipinski definition) is 1. The van der Waals surface area contributed by atoms with Crippen molar-refractivity contribution >= 4 is 15.9 Å². The third-order valence-corrected chi connectivity index (χ3v) is 3.14. The van der Waals surface area contributed by atoms with E-state index in [9.17, 15) is 0 Å². The summed E-state index contributed by atoms with van der Waals surface area (Å²) >= 11 is 3.53. The summed E-state index contributed by atoms with van der Waals surface area (Å²) in [4.78, 5) is 4.13. The van der Waals surface area contributed by atoms with Crippen LogP contribution in [-0.4, -0.2) is 4.98 Å². The van der Waals surface area contributed by atoms with Crippen molar-refractivity contribution in [3.63, 3.8) is 0 Å². The lowest BCUT2D eigenvalue weighted by molar-refractivity contribution is 0.943. The van der Waals surface area contributed by atoms with Crippen molar-refractivity contribution in [1.29, 1.82) is 0 Å². The molecule has 0 aliphatic heterocycles. The normalized spacial score (nSPS) is 10.2. The summed E-state index contributed by atoms with van der Waals surface area (Å²) in [6.45, 7) is 0. The Morgan fingerprint density at radius 1 is 1.00 bits per heavy atom. The van der Waals surface area contributed by atoms with Gasteiger partial charge < -0.3 is 0 Å². The molecule has 76 valence electrons. The quantitative estimate of drug-likeness (QED) is 0.823. The van der Waals surface area contributed by atoms with Gasteiger partial charge in [0.05, 0.1) is 0 Å². The molecule has 1 aromatic carbocycles. The van der Waals surface area contributed by atoms with E-state index >= 15 is 0 Å². The zero-order valence-corrected chi connectivity index (χ0v) is 9.94. The highest BCUT2D eigenvalue weighted by molar-refractivity contribution is 9.10. The molecule has 0 unspecified atom stereocenters. The third kappa shape index (κ3) is 2.90. The Morgan fingerprint density at radius 3 is 2.53 bits per heavy atom. The fourth-order valence-corrected chi connectivity index (χ4v) is 1.94. The first-order valence-electron chi connectivity index (χ1n) is 4.98. The van der Waals surface area contributed by atoms with Gasteiger partial charge in [-0.3, -0.25) is 4.98 Å². The van der Waals surface area contributed by atoms with Crippen LogP contribution >= 0.6 is 15.9 Å². The van der Waals surface area contributed by atoms with Crippen LogP contribution in [0.5, 0.6) is 0 Å². The molecule has 1 aromatic heterocycles. The van der Waals surface area contributed by atoms with Crippen LogP contribution in [0, 0.1) is 0 Å². The number of benzene rings is 1. The fourth-order valence-electron chi connectivity index (χ4n) is 1.52. The van der Waals surface area contributed by atoms with Crippen LogP contribution in [0.4, 0.5) is 0 Å². The molecular weight excluding hydrogens is 250 g/mol. The molecule has 0 aliphatic rings. The molecule has 0 saturated carbocycles. The molecule has 0 fully saturated rings. The molecule has 0 bridgehead atoms. The molecule has 2 aromatic rings. The fraction of sp³-hybridized carbons (Fsp3) is 0.154. The van der Waals surface area contributed by atoms with E-state index in [4.69, 9.17) is 0 Å². The summed E-state index contributed by atoms with van der Waals surface area (Å²) in [5.41, 5.74) is 2.63. The lowest BCUT2D eigenvalue weighted by atomic mass is 10.1. The van der Waals surface area contributed by atoms with Crippen molar-refractivity contribution < 1.29 is 0 Å². The highest BCUT2D eigenvalue weighted by Crippen LogP contribution is 2.16. The maximum Gasteiger partial charge on any atom is 0.0311 e. The summed E-state index contributed by atoms with van der Waals surface area (Å²) < 4.78 is 1.15. The Labute approximate surface area is 98.3 Å². The largest absolute Gasteiger partial charge is 0.264 e. The minimum atomic E-state index is 1.03. The molecule has 0 radical (unpaired) electrons. The average Bonchev–Trinajstić information content (AvgIpc) is 2.29. The predicted molar refractivity (Wildman–Crippen MR) is 65.8 cm³/mol. The lowest BCUT2D eigenvalue weighted by Crippen LogP contribution is -1.92. The molecule has 2 heteroatoms. The number of halogens is 1. The zero-order chi connectivity index (χ0) is 10.5. The topological polar surface area (TPSA) is 12.9 Å². The van der Waals surface area contributed by atoms with E-state index in [1.165, 1.54) is 11.1 Å². The number of nitrogens with zero attached hydrogens (tertiary/aromatic N) is 1. The van der Waals surface area contributed by atoms with Gasteiger partial charge in [-0.1, -0.05) is 46.3 Å². The van der Waals surface area contributed by atoms with Gasteiger partial charge in [0.2, 0.25) is 0 Å². The summed E-state index contributed by atoms with van der Waals surface area (Å²) in [6, 6.07) is 12.5. The molecule has 0 atom stereocenters. The summed E-state index contributed by atoms with van der Waals surface area (Å²) in [6.07, 6.45) is 5.81. The van der Waals surface area contributed by atoms with Crippen molar-refractivity contribution in [3.05, 3.63) is 64.4 Å². The Morgan fingerprint density at radius 2 is 1.80 bits per heavy atom. The van der Waals surface area contributed by atoms with Crippen molar-refractivity contribution in [2.45, 2.75) is 12.8 Å². The summed E-state index contributed by atoms with van der Waals surface area (Å²) in [5, 5.41) is 0. The van der Waals surface area contributed by atoms with Gasteiger partial charge in [-0.05, 0) is 30.0 Å². The Kier molecular flexibility index (Phi) is 3.51. The Bertz CT molecular complexity index is 426. The number of aryl methyl sites for hydroxylation is 2. The van der Waals surface area contributed by atoms with Gasteiger partial charge in [0.25, 0.3) is 0 Å². The monoisotopic (exact) mass is 261 g/mol. The van der Waals surface area contributed by atoms with E-state index in [0.29, 0.717) is 0 Å². The number of hydrogen-bond donors (Lipinski definition) is 0. The van der Waals surface area contributed by atoms with Gasteiger partial charge in [0.1, 0.15) is 0 Å². The molecule has 1 nitrogen and oxygen atoms in total. The minimum absolute atomic E-state index is 1.03. The second-order valence-corrected chi connectivity index (χ2v) is 4.31. The first-order chi connectivity index (χ1) is 7.36. The predicted octanol–water partition coefficient (Wildman–Crippen LogP) is 3.63. The molecule has 2 rings (SSSR count). The summed E-state index contributed by atoms with van der Waals surface area (Å²) in [7, 11) is 0. The van der Waals surface area contributed by atoms with Gasteiger partial charge >= 0.3 is 0 Å². The van der Waals surface area contributed by atoms with Crippen molar-refractivity contribution in [3.8, 4) is 0 Å². The van der Waals surface area contributed by atoms with Gasteiger partial charge in [-0.15, -0.1) is 0 Å². The van der Waals surface area contributed by atoms with E-state index in [1.54, 1.807) is 6.20 Å². The molecule has 0 N–H and O–H groups in total. The number of aromatic nitrogens is 1. The van der Waals surface area contributed by atoms with Crippen LogP contribution in [-0.2, 0) is 12.8 Å². The van der Waals surface area contributed by atoms with Crippen molar-refractivity contribution in [1.82, 2.24) is 4.98 Å². The summed E-state index contributed by atoms with van der Waals surface area (Å²) in [5.74, 6) is 0. The minimum Gasteiger partial charge on any atom is -0.264 e. The Balaban J connectivity index is 2.03. The van der Waals surface area contributed by atoms with E-state index in [-0.39, 0.29) is 0 Å². The molecule has 0 spiro atoms. The van der Waals surface area contributed by atoms with E-state index in [2.05, 4.69) is 45.2 Å². The van der Waals surface area contributed by atoms with Crippen molar-refractivity contribution in [2.24, 2.45) is 0 Å². The van der Waals surface area contributed by atoms with Crippen LogP contribution in [0.1, 0.15) is 11.1 Å². The third-order valence-electron chi connectivity index (χ3n) is 2.37. The van der Waals surface area contributed by atoms with Gasteiger partial charge in [0, 0.05) is 16.9 Å². The Hall–Kier alpha value is -1.15. The standard InChI is InChI=1S/C13H12BrN/c14-13-8-9-15-10-12(13)7-6-11-4-2-1-3-5-11/h1-5,8-10H,6-7H2. The molecule has 0 aliphatic carbocycles. The molecule has 1 heterocycles. The van der Waals surface area contributed by atoms with Gasteiger partial charge in [-0.2, -0.15) is 0 Å². The van der Waals surface area contributed by atoms with E-state index < -0.39 is 0 Å². The number of pyridine rings is 1. The molecule has 15 heavy (non-hydrogen) atoms. The SMILES string of the molecule is Brc1ccncc1CCc1ccccc1. The second kappa shape index (κ2) is 5.08. The van der Waals surface area contributed by atoms with E-state index in [0.717, 1.165) is 17.3 Å². The maximum atomic E-state index is 4.13. The lowest BCUT2D eigenvalue weighted by Gasteiger charge is -2.03. The van der Waals surface area contributed by atoms with Gasteiger partial charge in [0.15, 0.2) is 0 Å². The zero-order valence-electron chi connectivity index (χ0n) is 8.36. The highest BCUT2D eigenvalue weighted by atomic mass is 79.9. The smallest absolute Gasteiger partial charge is 0.0311 e. The first kappa shape index (κ1) is 10.4. The van der Waals surface area contributed by atoms with Gasteiger partial charge in [-0.25, -0.2) is 0 Å². The van der Waals surface area contributed by atoms with Crippen LogP contribution in [0.15, 0.2) is 53.3 Å². The number of rotatable bonds is 3. The molecular formula is C13H12BrN. The van der Waals surface area contributed by atoms with Crippen LogP contribution in [0.3, 0.4) is 0 Å².